The van der Waals surface area contributed by atoms with Gasteiger partial charge in [0.05, 0.1) is 12.2 Å². The first-order valence-electron chi connectivity index (χ1n) is 3.93. The molecule has 0 spiro atoms. The normalized spacial score (nSPS) is 38.5. The van der Waals surface area contributed by atoms with E-state index < -0.39 is 5.60 Å². The fourth-order valence-corrected chi connectivity index (χ4v) is 1.36. The van der Waals surface area contributed by atoms with Crippen LogP contribution in [0.4, 0.5) is 0 Å². The zero-order chi connectivity index (χ0) is 8.32. The van der Waals surface area contributed by atoms with Crippen molar-refractivity contribution in [3.8, 4) is 0 Å². The van der Waals surface area contributed by atoms with Crippen LogP contribution in [0.3, 0.4) is 0 Å². The van der Waals surface area contributed by atoms with Crippen LogP contribution in [0.5, 0.6) is 0 Å². The molecule has 1 N–H and O–H groups in total. The van der Waals surface area contributed by atoms with Crippen LogP contribution >= 0.6 is 0 Å². The SMILES string of the molecule is CC1COCCC1(O)CC=O. The van der Waals surface area contributed by atoms with Crippen molar-refractivity contribution in [1.29, 1.82) is 0 Å². The molecule has 0 amide bonds. The number of carbonyl (C=O) groups is 1. The quantitative estimate of drug-likeness (QED) is 0.590. The molecule has 1 aliphatic rings. The molecule has 2 atom stereocenters. The Bertz CT molecular complexity index is 146. The monoisotopic (exact) mass is 158 g/mol. The summed E-state index contributed by atoms with van der Waals surface area (Å²) in [4.78, 5) is 10.2. The lowest BCUT2D eigenvalue weighted by Crippen LogP contribution is -2.44. The summed E-state index contributed by atoms with van der Waals surface area (Å²) < 4.78 is 5.15. The molecule has 0 bridgehead atoms. The average Bonchev–Trinajstić information content (AvgIpc) is 1.96. The van der Waals surface area contributed by atoms with Gasteiger partial charge in [-0.2, -0.15) is 0 Å². The number of aldehydes is 1. The van der Waals surface area contributed by atoms with E-state index in [4.69, 9.17) is 4.74 Å². The van der Waals surface area contributed by atoms with Gasteiger partial charge in [0.25, 0.3) is 0 Å². The maximum absolute atomic E-state index is 10.2. The van der Waals surface area contributed by atoms with E-state index in [0.29, 0.717) is 19.6 Å². The Hall–Kier alpha value is -0.410. The molecule has 11 heavy (non-hydrogen) atoms. The summed E-state index contributed by atoms with van der Waals surface area (Å²) in [6.07, 6.45) is 1.59. The number of carbonyl (C=O) groups excluding carboxylic acids is 1. The molecule has 1 rings (SSSR count). The third-order valence-corrected chi connectivity index (χ3v) is 2.40. The van der Waals surface area contributed by atoms with Gasteiger partial charge in [-0.25, -0.2) is 0 Å². The summed E-state index contributed by atoms with van der Waals surface area (Å²) in [7, 11) is 0. The van der Waals surface area contributed by atoms with E-state index in [1.54, 1.807) is 0 Å². The first-order chi connectivity index (χ1) is 5.19. The summed E-state index contributed by atoms with van der Waals surface area (Å²) >= 11 is 0. The molecule has 0 aromatic carbocycles. The summed E-state index contributed by atoms with van der Waals surface area (Å²) in [6, 6.07) is 0. The lowest BCUT2D eigenvalue weighted by molar-refractivity contribution is -0.128. The highest BCUT2D eigenvalue weighted by atomic mass is 16.5. The number of hydrogen-bond donors (Lipinski definition) is 1. The number of aliphatic hydroxyl groups is 1. The van der Waals surface area contributed by atoms with Crippen LogP contribution in [-0.4, -0.2) is 30.2 Å². The molecule has 3 nitrogen and oxygen atoms in total. The van der Waals surface area contributed by atoms with Crippen molar-refractivity contribution in [2.24, 2.45) is 5.92 Å². The molecule has 64 valence electrons. The lowest BCUT2D eigenvalue weighted by Gasteiger charge is -2.36. The Morgan fingerprint density at radius 2 is 2.55 bits per heavy atom. The second-order valence-corrected chi connectivity index (χ2v) is 3.20. The topological polar surface area (TPSA) is 46.5 Å². The molecule has 1 fully saturated rings. The molecular formula is C8H14O3. The van der Waals surface area contributed by atoms with Gasteiger partial charge in [-0.05, 0) is 0 Å². The molecule has 0 aromatic rings. The standard InChI is InChI=1S/C8H14O3/c1-7-6-11-5-3-8(7,10)2-4-9/h4,7,10H,2-3,5-6H2,1H3. The first kappa shape index (κ1) is 8.68. The van der Waals surface area contributed by atoms with Crippen LogP contribution < -0.4 is 0 Å². The van der Waals surface area contributed by atoms with Gasteiger partial charge in [-0.3, -0.25) is 0 Å². The van der Waals surface area contributed by atoms with E-state index in [1.807, 2.05) is 6.92 Å². The lowest BCUT2D eigenvalue weighted by atomic mass is 9.82. The van der Waals surface area contributed by atoms with Crippen molar-refractivity contribution < 1.29 is 14.6 Å². The molecule has 1 saturated heterocycles. The van der Waals surface area contributed by atoms with E-state index in [-0.39, 0.29) is 12.3 Å². The van der Waals surface area contributed by atoms with Gasteiger partial charge >= 0.3 is 0 Å². The minimum absolute atomic E-state index is 0.0708. The average molecular weight is 158 g/mol. The van der Waals surface area contributed by atoms with Crippen LogP contribution in [0.25, 0.3) is 0 Å². The van der Waals surface area contributed by atoms with E-state index in [9.17, 15) is 9.90 Å². The number of hydrogen-bond acceptors (Lipinski definition) is 3. The maximum Gasteiger partial charge on any atom is 0.122 e. The fraction of sp³-hybridized carbons (Fsp3) is 0.875. The van der Waals surface area contributed by atoms with Gasteiger partial charge in [-0.15, -0.1) is 0 Å². The van der Waals surface area contributed by atoms with Crippen LogP contribution in [-0.2, 0) is 9.53 Å². The molecule has 0 radical (unpaired) electrons. The number of ether oxygens (including phenoxy) is 1. The Morgan fingerprint density at radius 1 is 1.82 bits per heavy atom. The molecule has 0 aromatic heterocycles. The minimum atomic E-state index is -0.806. The van der Waals surface area contributed by atoms with Crippen LogP contribution in [0.15, 0.2) is 0 Å². The first-order valence-corrected chi connectivity index (χ1v) is 3.93. The summed E-state index contributed by atoms with van der Waals surface area (Å²) in [5.41, 5.74) is -0.806. The van der Waals surface area contributed by atoms with Crippen molar-refractivity contribution in [2.45, 2.75) is 25.4 Å². The highest BCUT2D eigenvalue weighted by Gasteiger charge is 2.35. The highest BCUT2D eigenvalue weighted by Crippen LogP contribution is 2.28. The zero-order valence-corrected chi connectivity index (χ0v) is 6.75. The molecule has 1 aliphatic heterocycles. The van der Waals surface area contributed by atoms with Crippen molar-refractivity contribution >= 4 is 6.29 Å². The van der Waals surface area contributed by atoms with Crippen LogP contribution in [0, 0.1) is 5.92 Å². The van der Waals surface area contributed by atoms with Gasteiger partial charge < -0.3 is 14.6 Å². The van der Waals surface area contributed by atoms with Crippen molar-refractivity contribution in [2.75, 3.05) is 13.2 Å². The maximum atomic E-state index is 10.2. The molecule has 2 unspecified atom stereocenters. The Morgan fingerprint density at radius 3 is 3.09 bits per heavy atom. The predicted molar refractivity (Wildman–Crippen MR) is 40.2 cm³/mol. The molecule has 1 heterocycles. The van der Waals surface area contributed by atoms with Gasteiger partial charge in [0.1, 0.15) is 6.29 Å². The second kappa shape index (κ2) is 3.32. The van der Waals surface area contributed by atoms with Gasteiger partial charge in [0.15, 0.2) is 0 Å². The van der Waals surface area contributed by atoms with E-state index >= 15 is 0 Å². The smallest absolute Gasteiger partial charge is 0.122 e. The molecule has 3 heteroatoms. The number of rotatable bonds is 2. The second-order valence-electron chi connectivity index (χ2n) is 3.20. The van der Waals surface area contributed by atoms with Crippen molar-refractivity contribution in [3.63, 3.8) is 0 Å². The largest absolute Gasteiger partial charge is 0.389 e. The summed E-state index contributed by atoms with van der Waals surface area (Å²) in [5, 5.41) is 9.83. The Kier molecular flexibility index (Phi) is 2.62. The van der Waals surface area contributed by atoms with Gasteiger partial charge in [0, 0.05) is 25.4 Å². The van der Waals surface area contributed by atoms with E-state index in [0.717, 1.165) is 6.29 Å². The van der Waals surface area contributed by atoms with Gasteiger partial charge in [-0.1, -0.05) is 6.92 Å². The van der Waals surface area contributed by atoms with Crippen LogP contribution in [0.1, 0.15) is 19.8 Å². The van der Waals surface area contributed by atoms with Crippen molar-refractivity contribution in [1.82, 2.24) is 0 Å². The zero-order valence-electron chi connectivity index (χ0n) is 6.75. The Balaban J connectivity index is 2.56. The molecular weight excluding hydrogens is 144 g/mol. The van der Waals surface area contributed by atoms with Gasteiger partial charge in [0.2, 0.25) is 0 Å². The van der Waals surface area contributed by atoms with E-state index in [2.05, 4.69) is 0 Å². The van der Waals surface area contributed by atoms with Crippen LogP contribution in [0.2, 0.25) is 0 Å². The molecule has 0 saturated carbocycles. The fourth-order valence-electron chi connectivity index (χ4n) is 1.36. The third kappa shape index (κ3) is 1.79. The molecule has 0 aliphatic carbocycles. The van der Waals surface area contributed by atoms with E-state index in [1.165, 1.54) is 0 Å². The summed E-state index contributed by atoms with van der Waals surface area (Å²) in [6.45, 7) is 3.03. The summed E-state index contributed by atoms with van der Waals surface area (Å²) in [5.74, 6) is 0.0708. The predicted octanol–water partition coefficient (Wildman–Crippen LogP) is 0.363. The Labute approximate surface area is 66.4 Å². The van der Waals surface area contributed by atoms with Crippen molar-refractivity contribution in [3.05, 3.63) is 0 Å². The minimum Gasteiger partial charge on any atom is -0.389 e. The third-order valence-electron chi connectivity index (χ3n) is 2.40. The highest BCUT2D eigenvalue weighted by molar-refractivity contribution is 5.51.